The molecule has 0 fully saturated rings. The van der Waals surface area contributed by atoms with Gasteiger partial charge in [-0.05, 0) is 24.3 Å². The molecule has 4 nitrogen and oxygen atoms in total. The number of carbonyl (C=O) groups is 1. The summed E-state index contributed by atoms with van der Waals surface area (Å²) in [5, 5.41) is 2.71. The summed E-state index contributed by atoms with van der Waals surface area (Å²) in [5.74, 6) is 0.688. The minimum atomic E-state index is -0.0454. The predicted molar refractivity (Wildman–Crippen MR) is 111 cm³/mol. The van der Waals surface area contributed by atoms with E-state index in [0.717, 1.165) is 27.0 Å². The third-order valence-electron chi connectivity index (χ3n) is 3.68. The Morgan fingerprint density at radius 3 is 2.62 bits per heavy atom. The maximum Gasteiger partial charge on any atom is 0.230 e. The van der Waals surface area contributed by atoms with Crippen LogP contribution < -0.4 is 4.90 Å². The van der Waals surface area contributed by atoms with Gasteiger partial charge in [0, 0.05) is 18.1 Å². The van der Waals surface area contributed by atoms with Gasteiger partial charge in [-0.25, -0.2) is 9.97 Å². The average Bonchev–Trinajstić information content (AvgIpc) is 3.27. The van der Waals surface area contributed by atoms with Crippen molar-refractivity contribution in [2.45, 2.75) is 17.0 Å². The van der Waals surface area contributed by atoms with Gasteiger partial charge >= 0.3 is 0 Å². The number of hydrogen-bond donors (Lipinski definition) is 0. The fourth-order valence-corrected chi connectivity index (χ4v) is 5.47. The highest BCUT2D eigenvalue weighted by Gasteiger charge is 2.17. The molecule has 2 heterocycles. The van der Waals surface area contributed by atoms with Gasteiger partial charge in [0.2, 0.25) is 5.91 Å². The number of hydrogen-bond acceptors (Lipinski definition) is 6. The Labute approximate surface area is 163 Å². The number of para-hydroxylation sites is 2. The molecule has 0 bridgehead atoms. The molecule has 0 aliphatic heterocycles. The molecule has 0 saturated heterocycles. The molecule has 0 N–H and O–H groups in total. The van der Waals surface area contributed by atoms with Crippen LogP contribution in [0.25, 0.3) is 10.2 Å². The normalized spacial score (nSPS) is 11.0. The third kappa shape index (κ3) is 3.65. The lowest BCUT2D eigenvalue weighted by atomic mass is 10.3. The van der Waals surface area contributed by atoms with Crippen molar-refractivity contribution in [1.29, 1.82) is 0 Å². The molecule has 0 unspecified atom stereocenters. The van der Waals surface area contributed by atoms with Gasteiger partial charge in [-0.3, -0.25) is 9.69 Å². The first-order valence-corrected chi connectivity index (χ1v) is 10.7. The zero-order valence-electron chi connectivity index (χ0n) is 14.0. The number of thioether (sulfide) groups is 1. The summed E-state index contributed by atoms with van der Waals surface area (Å²) < 4.78 is 2.23. The predicted octanol–water partition coefficient (Wildman–Crippen LogP) is 5.73. The van der Waals surface area contributed by atoms with Gasteiger partial charge in [0.1, 0.15) is 0 Å². The van der Waals surface area contributed by atoms with Crippen LogP contribution in [-0.2, 0) is 10.5 Å². The SMILES string of the molecule is CC(=O)N(c1ccccc1)c1nc(CSc2nc3ccccc3s2)cs1. The van der Waals surface area contributed by atoms with E-state index in [1.807, 2.05) is 53.9 Å². The van der Waals surface area contributed by atoms with Crippen molar-refractivity contribution < 1.29 is 4.79 Å². The Hall–Kier alpha value is -2.22. The summed E-state index contributed by atoms with van der Waals surface area (Å²) in [6.07, 6.45) is 0. The van der Waals surface area contributed by atoms with Gasteiger partial charge < -0.3 is 0 Å². The summed E-state index contributed by atoms with van der Waals surface area (Å²) in [6.45, 7) is 1.56. The van der Waals surface area contributed by atoms with Crippen LogP contribution in [0.15, 0.2) is 64.3 Å². The largest absolute Gasteiger partial charge is 0.274 e. The van der Waals surface area contributed by atoms with E-state index in [1.165, 1.54) is 16.0 Å². The fourth-order valence-electron chi connectivity index (χ4n) is 2.52. The van der Waals surface area contributed by atoms with Gasteiger partial charge in [0.25, 0.3) is 0 Å². The van der Waals surface area contributed by atoms with Crippen molar-refractivity contribution in [3.8, 4) is 0 Å². The van der Waals surface area contributed by atoms with Crippen LogP contribution in [0.3, 0.4) is 0 Å². The maximum absolute atomic E-state index is 12.1. The molecule has 130 valence electrons. The van der Waals surface area contributed by atoms with Crippen LogP contribution in [0.1, 0.15) is 12.6 Å². The van der Waals surface area contributed by atoms with Crippen molar-refractivity contribution in [2.24, 2.45) is 0 Å². The molecular formula is C19H15N3OS3. The number of rotatable bonds is 5. The number of anilines is 2. The summed E-state index contributed by atoms with van der Waals surface area (Å²) >= 11 is 4.86. The van der Waals surface area contributed by atoms with Gasteiger partial charge in [0.15, 0.2) is 9.47 Å². The molecule has 4 rings (SSSR count). The smallest absolute Gasteiger partial charge is 0.230 e. The standard InChI is InChI=1S/C19H15N3OS3/c1-13(23)22(15-7-3-2-4-8-15)18-20-14(11-24-18)12-25-19-21-16-9-5-6-10-17(16)26-19/h2-11H,12H2,1H3. The number of nitrogens with zero attached hydrogens (tertiary/aromatic N) is 3. The number of aromatic nitrogens is 2. The molecule has 4 aromatic rings. The first-order chi connectivity index (χ1) is 12.7. The fraction of sp³-hybridized carbons (Fsp3) is 0.105. The Morgan fingerprint density at radius 1 is 1.08 bits per heavy atom. The Bertz CT molecular complexity index is 1010. The van der Waals surface area contributed by atoms with Gasteiger partial charge in [-0.1, -0.05) is 42.1 Å². The zero-order valence-corrected chi connectivity index (χ0v) is 16.4. The maximum atomic E-state index is 12.1. The molecule has 7 heteroatoms. The first kappa shape index (κ1) is 17.2. The zero-order chi connectivity index (χ0) is 17.9. The van der Waals surface area contributed by atoms with Crippen LogP contribution >= 0.6 is 34.4 Å². The Morgan fingerprint density at radius 2 is 1.85 bits per heavy atom. The van der Waals surface area contributed by atoms with Crippen molar-refractivity contribution >= 4 is 61.4 Å². The molecular weight excluding hydrogens is 382 g/mol. The van der Waals surface area contributed by atoms with Gasteiger partial charge in [-0.15, -0.1) is 22.7 Å². The molecule has 2 aromatic heterocycles. The quantitative estimate of drug-likeness (QED) is 0.404. The van der Waals surface area contributed by atoms with E-state index in [4.69, 9.17) is 0 Å². The first-order valence-electron chi connectivity index (χ1n) is 7.99. The lowest BCUT2D eigenvalue weighted by Gasteiger charge is -2.17. The minimum Gasteiger partial charge on any atom is -0.274 e. The van der Waals surface area contributed by atoms with Crippen LogP contribution in [0.5, 0.6) is 0 Å². The average molecular weight is 398 g/mol. The van der Waals surface area contributed by atoms with E-state index in [1.54, 1.807) is 34.9 Å². The van der Waals surface area contributed by atoms with E-state index in [9.17, 15) is 4.79 Å². The lowest BCUT2D eigenvalue weighted by molar-refractivity contribution is -0.115. The number of thiazole rings is 2. The van der Waals surface area contributed by atoms with Crippen LogP contribution in [-0.4, -0.2) is 15.9 Å². The molecule has 0 aliphatic carbocycles. The van der Waals surface area contributed by atoms with Crippen LogP contribution in [0.2, 0.25) is 0 Å². The van der Waals surface area contributed by atoms with Crippen molar-refractivity contribution in [3.63, 3.8) is 0 Å². The summed E-state index contributed by atoms with van der Waals surface area (Å²) in [4.78, 5) is 23.1. The summed E-state index contributed by atoms with van der Waals surface area (Å²) in [5.41, 5.74) is 2.82. The van der Waals surface area contributed by atoms with Crippen molar-refractivity contribution in [3.05, 3.63) is 65.7 Å². The highest BCUT2D eigenvalue weighted by Crippen LogP contribution is 2.33. The van der Waals surface area contributed by atoms with E-state index in [0.29, 0.717) is 5.13 Å². The molecule has 1 amide bonds. The third-order valence-corrected chi connectivity index (χ3v) is 6.77. The molecule has 2 aromatic carbocycles. The topological polar surface area (TPSA) is 46.1 Å². The number of carbonyl (C=O) groups excluding carboxylic acids is 1. The summed E-state index contributed by atoms with van der Waals surface area (Å²) in [7, 11) is 0. The number of fused-ring (bicyclic) bond motifs is 1. The second kappa shape index (κ2) is 7.57. The molecule has 0 saturated carbocycles. The van der Waals surface area contributed by atoms with E-state index >= 15 is 0 Å². The molecule has 0 radical (unpaired) electrons. The van der Waals surface area contributed by atoms with Gasteiger partial charge in [-0.2, -0.15) is 0 Å². The Kier molecular flexibility index (Phi) is 5.01. The molecule has 26 heavy (non-hydrogen) atoms. The second-order valence-corrected chi connectivity index (χ2v) is 8.64. The number of amides is 1. The second-order valence-electron chi connectivity index (χ2n) is 5.55. The highest BCUT2D eigenvalue weighted by molar-refractivity contribution is 8.00. The molecule has 0 spiro atoms. The highest BCUT2D eigenvalue weighted by atomic mass is 32.2. The molecule has 0 atom stereocenters. The lowest BCUT2D eigenvalue weighted by Crippen LogP contribution is -2.22. The summed E-state index contributed by atoms with van der Waals surface area (Å²) in [6, 6.07) is 17.8. The van der Waals surface area contributed by atoms with E-state index in [-0.39, 0.29) is 5.91 Å². The molecule has 0 aliphatic rings. The minimum absolute atomic E-state index is 0.0454. The van der Waals surface area contributed by atoms with Crippen LogP contribution in [0.4, 0.5) is 10.8 Å². The van der Waals surface area contributed by atoms with Crippen molar-refractivity contribution in [1.82, 2.24) is 9.97 Å². The van der Waals surface area contributed by atoms with Crippen LogP contribution in [0, 0.1) is 0 Å². The van der Waals surface area contributed by atoms with Crippen molar-refractivity contribution in [2.75, 3.05) is 4.90 Å². The van der Waals surface area contributed by atoms with Gasteiger partial charge in [0.05, 0.1) is 21.6 Å². The monoisotopic (exact) mass is 397 g/mol. The van der Waals surface area contributed by atoms with E-state index in [2.05, 4.69) is 16.0 Å². The number of benzene rings is 2. The Balaban J connectivity index is 1.51. The van der Waals surface area contributed by atoms with E-state index < -0.39 is 0 Å².